The van der Waals surface area contributed by atoms with Gasteiger partial charge >= 0.3 is 18.2 Å². The molecule has 2 aromatic carbocycles. The summed E-state index contributed by atoms with van der Waals surface area (Å²) in [5.41, 5.74) is -0.963. The highest BCUT2D eigenvalue weighted by Gasteiger charge is 2.63. The predicted octanol–water partition coefficient (Wildman–Crippen LogP) is 7.05. The highest BCUT2D eigenvalue weighted by Crippen LogP contribution is 2.57. The summed E-state index contributed by atoms with van der Waals surface area (Å²) in [6.07, 6.45) is 3.55. The molecule has 4 rings (SSSR count). The van der Waals surface area contributed by atoms with Gasteiger partial charge in [0, 0.05) is 18.4 Å². The molecule has 2 unspecified atom stereocenters. The van der Waals surface area contributed by atoms with Crippen LogP contribution in [0, 0.1) is 5.92 Å². The Morgan fingerprint density at radius 2 is 1.49 bits per heavy atom. The van der Waals surface area contributed by atoms with Crippen molar-refractivity contribution in [2.24, 2.45) is 5.92 Å². The van der Waals surface area contributed by atoms with Crippen molar-refractivity contribution in [3.8, 4) is 17.2 Å². The molecule has 1 saturated carbocycles. The lowest BCUT2D eigenvalue weighted by atomic mass is 9.97. The number of amides is 2. The molecule has 0 radical (unpaired) electrons. The van der Waals surface area contributed by atoms with Gasteiger partial charge in [-0.1, -0.05) is 18.2 Å². The second kappa shape index (κ2) is 12.5. The maximum atomic E-state index is 13.1. The maximum absolute atomic E-state index is 13.1. The molecule has 1 fully saturated rings. The summed E-state index contributed by atoms with van der Waals surface area (Å²) >= 11 is 0. The van der Waals surface area contributed by atoms with Gasteiger partial charge in [0.05, 0.1) is 19.1 Å². The topological polar surface area (TPSA) is 109 Å². The van der Waals surface area contributed by atoms with Crippen molar-refractivity contribution in [1.82, 2.24) is 14.5 Å². The van der Waals surface area contributed by atoms with E-state index in [0.29, 0.717) is 30.7 Å². The number of ether oxygens (including phenoxy) is 4. The van der Waals surface area contributed by atoms with Crippen LogP contribution in [0.15, 0.2) is 67.1 Å². The number of methoxy groups -OCH3 is 1. The van der Waals surface area contributed by atoms with Crippen molar-refractivity contribution in [3.63, 3.8) is 0 Å². The average molecular weight is 592 g/mol. The first-order chi connectivity index (χ1) is 20.2. The average Bonchev–Trinajstić information content (AvgIpc) is 3.44. The molecule has 2 amide bonds. The Kier molecular flexibility index (Phi) is 9.18. The minimum Gasteiger partial charge on any atom is -0.468 e. The number of rotatable bonds is 9. The molecule has 1 heterocycles. The minimum atomic E-state index is -0.890. The standard InChI is InChI=1S/C33H41N3O7/c1-31(2,3)42-29(38)36(30(39)43-32(4,5)6)19-11-12-23-20-33(23,28(37)40-7)27-21-35(22-34-27)24-15-17-26(18-16-24)41-25-13-9-8-10-14-25/h8-10,13-18,21-23H,11-12,19-20H2,1-7H3. The fraction of sp³-hybridized carbons (Fsp3) is 0.455. The van der Waals surface area contributed by atoms with Gasteiger partial charge in [-0.25, -0.2) is 19.5 Å². The Balaban J connectivity index is 1.43. The Bertz CT molecular complexity index is 1390. The summed E-state index contributed by atoms with van der Waals surface area (Å²) in [5.74, 6) is 1.03. The third kappa shape index (κ3) is 7.94. The van der Waals surface area contributed by atoms with Crippen LogP contribution in [0.2, 0.25) is 0 Å². The number of aromatic nitrogens is 2. The van der Waals surface area contributed by atoms with Gasteiger partial charge in [-0.2, -0.15) is 0 Å². The van der Waals surface area contributed by atoms with E-state index in [1.807, 2.05) is 65.4 Å². The SMILES string of the molecule is COC(=O)C1(c2cn(-c3ccc(Oc4ccccc4)cc3)cn2)CC1CCCN(C(=O)OC(C)(C)C)C(=O)OC(C)(C)C. The van der Waals surface area contributed by atoms with Crippen LogP contribution < -0.4 is 4.74 Å². The molecule has 1 aromatic heterocycles. The maximum Gasteiger partial charge on any atom is 0.419 e. The number of imide groups is 1. The summed E-state index contributed by atoms with van der Waals surface area (Å²) in [7, 11) is 1.37. The van der Waals surface area contributed by atoms with E-state index in [1.54, 1.807) is 47.9 Å². The highest BCUT2D eigenvalue weighted by atomic mass is 16.6. The van der Waals surface area contributed by atoms with Crippen molar-refractivity contribution in [1.29, 1.82) is 0 Å². The van der Waals surface area contributed by atoms with Crippen molar-refractivity contribution in [2.45, 2.75) is 77.4 Å². The van der Waals surface area contributed by atoms with E-state index in [0.717, 1.165) is 16.3 Å². The van der Waals surface area contributed by atoms with Crippen LogP contribution in [-0.4, -0.2) is 57.5 Å². The first kappa shape index (κ1) is 31.6. The Morgan fingerprint density at radius 1 is 0.907 bits per heavy atom. The molecule has 1 aliphatic carbocycles. The van der Waals surface area contributed by atoms with Crippen LogP contribution in [0.5, 0.6) is 11.5 Å². The lowest BCUT2D eigenvalue weighted by Crippen LogP contribution is -2.44. The number of esters is 1. The molecule has 0 spiro atoms. The number of imidazole rings is 1. The van der Waals surface area contributed by atoms with Crippen LogP contribution in [0.3, 0.4) is 0 Å². The largest absolute Gasteiger partial charge is 0.468 e. The van der Waals surface area contributed by atoms with Crippen LogP contribution in [0.25, 0.3) is 5.69 Å². The molecular weight excluding hydrogens is 550 g/mol. The van der Waals surface area contributed by atoms with E-state index in [1.165, 1.54) is 7.11 Å². The van der Waals surface area contributed by atoms with E-state index >= 15 is 0 Å². The van der Waals surface area contributed by atoms with Gasteiger partial charge in [-0.15, -0.1) is 0 Å². The zero-order valence-electron chi connectivity index (χ0n) is 26.0. The van der Waals surface area contributed by atoms with Gasteiger partial charge in [0.1, 0.15) is 28.1 Å². The molecule has 3 aromatic rings. The van der Waals surface area contributed by atoms with E-state index in [9.17, 15) is 14.4 Å². The summed E-state index contributed by atoms with van der Waals surface area (Å²) in [6, 6.07) is 17.1. The number of hydrogen-bond donors (Lipinski definition) is 0. The second-order valence-electron chi connectivity index (χ2n) is 12.7. The number of carbonyl (C=O) groups is 3. The zero-order chi connectivity index (χ0) is 31.4. The van der Waals surface area contributed by atoms with Gasteiger partial charge < -0.3 is 23.5 Å². The fourth-order valence-corrected chi connectivity index (χ4v) is 4.92. The molecule has 10 heteroatoms. The molecule has 0 aliphatic heterocycles. The molecule has 2 atom stereocenters. The van der Waals surface area contributed by atoms with E-state index in [4.69, 9.17) is 18.9 Å². The number of para-hydroxylation sites is 1. The van der Waals surface area contributed by atoms with E-state index in [2.05, 4.69) is 4.98 Å². The summed E-state index contributed by atoms with van der Waals surface area (Å²) < 4.78 is 23.8. The molecule has 230 valence electrons. The van der Waals surface area contributed by atoms with E-state index < -0.39 is 28.8 Å². The van der Waals surface area contributed by atoms with Crippen LogP contribution in [0.4, 0.5) is 9.59 Å². The Morgan fingerprint density at radius 3 is 2.05 bits per heavy atom. The smallest absolute Gasteiger partial charge is 0.419 e. The molecule has 10 nitrogen and oxygen atoms in total. The van der Waals surface area contributed by atoms with Crippen LogP contribution in [-0.2, 0) is 24.4 Å². The Labute approximate surface area is 252 Å². The van der Waals surface area contributed by atoms with Crippen molar-refractivity contribution >= 4 is 18.2 Å². The number of hydrogen-bond acceptors (Lipinski definition) is 8. The number of carbonyl (C=O) groups excluding carboxylic acids is 3. The molecule has 0 N–H and O–H groups in total. The molecule has 43 heavy (non-hydrogen) atoms. The molecule has 0 bridgehead atoms. The number of nitrogens with zero attached hydrogens (tertiary/aromatic N) is 3. The lowest BCUT2D eigenvalue weighted by Gasteiger charge is -2.28. The molecule has 1 aliphatic rings. The van der Waals surface area contributed by atoms with Crippen molar-refractivity contribution < 1.29 is 33.3 Å². The fourth-order valence-electron chi connectivity index (χ4n) is 4.92. The van der Waals surface area contributed by atoms with Gasteiger partial charge in [0.25, 0.3) is 0 Å². The first-order valence-corrected chi connectivity index (χ1v) is 14.4. The van der Waals surface area contributed by atoms with E-state index in [-0.39, 0.29) is 18.4 Å². The quantitative estimate of drug-likeness (QED) is 0.192. The second-order valence-corrected chi connectivity index (χ2v) is 12.7. The summed E-state index contributed by atoms with van der Waals surface area (Å²) in [6.45, 7) is 10.5. The van der Waals surface area contributed by atoms with Crippen molar-refractivity contribution in [3.05, 3.63) is 72.8 Å². The lowest BCUT2D eigenvalue weighted by molar-refractivity contribution is -0.144. The third-order valence-electron chi connectivity index (χ3n) is 6.97. The monoisotopic (exact) mass is 591 g/mol. The highest BCUT2D eigenvalue weighted by molar-refractivity contribution is 5.88. The van der Waals surface area contributed by atoms with Crippen LogP contribution in [0.1, 0.15) is 66.5 Å². The third-order valence-corrected chi connectivity index (χ3v) is 6.97. The van der Waals surface area contributed by atoms with Gasteiger partial charge in [0.15, 0.2) is 0 Å². The first-order valence-electron chi connectivity index (χ1n) is 14.4. The molecular formula is C33H41N3O7. The summed E-state index contributed by atoms with van der Waals surface area (Å²) in [5, 5.41) is 0. The van der Waals surface area contributed by atoms with Gasteiger partial charge in [0.2, 0.25) is 0 Å². The van der Waals surface area contributed by atoms with Gasteiger partial charge in [-0.3, -0.25) is 4.79 Å². The Hall–Kier alpha value is -4.34. The van der Waals surface area contributed by atoms with Crippen molar-refractivity contribution in [2.75, 3.05) is 13.7 Å². The van der Waals surface area contributed by atoms with Gasteiger partial charge in [-0.05, 0) is 103 Å². The summed E-state index contributed by atoms with van der Waals surface area (Å²) in [4.78, 5) is 44.3. The predicted molar refractivity (Wildman–Crippen MR) is 160 cm³/mol. The minimum absolute atomic E-state index is 0.0657. The van der Waals surface area contributed by atoms with Crippen LogP contribution >= 0.6 is 0 Å². The number of benzene rings is 2. The zero-order valence-corrected chi connectivity index (χ0v) is 26.0. The normalized spacial score (nSPS) is 18.0. The molecule has 0 saturated heterocycles.